The van der Waals surface area contributed by atoms with Crippen molar-refractivity contribution in [2.24, 2.45) is 0 Å². The molecule has 37 heavy (non-hydrogen) atoms. The molecule has 0 aliphatic rings. The molecule has 0 aromatic heterocycles. The first-order valence-electron chi connectivity index (χ1n) is 13.5. The number of nitrogens with zero attached hydrogens (tertiary/aromatic N) is 1. The molecule has 202 valence electrons. The monoisotopic (exact) mass is 510 g/mol. The number of amides is 2. The van der Waals surface area contributed by atoms with E-state index in [2.05, 4.69) is 12.2 Å². The van der Waals surface area contributed by atoms with Gasteiger partial charge in [0.2, 0.25) is 0 Å². The third-order valence-electron chi connectivity index (χ3n) is 6.41. The average Bonchev–Trinajstić information content (AvgIpc) is 2.91. The van der Waals surface area contributed by atoms with Crippen LogP contribution < -0.4 is 10.1 Å². The Hall–Kier alpha value is -3.35. The van der Waals surface area contributed by atoms with Crippen LogP contribution in [-0.4, -0.2) is 41.4 Å². The molecule has 2 amide bonds. The van der Waals surface area contributed by atoms with Crippen LogP contribution in [0.5, 0.6) is 5.75 Å². The van der Waals surface area contributed by atoms with Crippen LogP contribution in [0.3, 0.4) is 0 Å². The summed E-state index contributed by atoms with van der Waals surface area (Å²) in [5.74, 6) is -1.92. The highest BCUT2D eigenvalue weighted by molar-refractivity contribution is 6.31. The second-order valence-electron chi connectivity index (χ2n) is 9.45. The molecule has 0 bridgehead atoms. The summed E-state index contributed by atoms with van der Waals surface area (Å²) in [4.78, 5) is 37.4. The van der Waals surface area contributed by atoms with Crippen LogP contribution in [0.15, 0.2) is 48.5 Å². The van der Waals surface area contributed by atoms with E-state index in [4.69, 9.17) is 4.74 Å². The van der Waals surface area contributed by atoms with E-state index >= 15 is 0 Å². The second-order valence-corrected chi connectivity index (χ2v) is 9.45. The predicted octanol–water partition coefficient (Wildman–Crippen LogP) is 5.96. The maximum Gasteiger partial charge on any atom is 0.394 e. The van der Waals surface area contributed by atoms with Crippen LogP contribution in [0.2, 0.25) is 0 Å². The van der Waals surface area contributed by atoms with Crippen molar-refractivity contribution in [1.29, 1.82) is 0 Å². The first kappa shape index (κ1) is 29.9. The Labute approximate surface area is 221 Å². The van der Waals surface area contributed by atoms with E-state index in [0.29, 0.717) is 17.9 Å². The lowest BCUT2D eigenvalue weighted by Gasteiger charge is -2.21. The molecule has 2 N–H and O–H groups in total. The number of unbranched alkanes of at least 4 members (excludes halogenated alkanes) is 9. The summed E-state index contributed by atoms with van der Waals surface area (Å²) in [6.07, 6.45) is 12.5. The molecular weight excluding hydrogens is 468 g/mol. The molecule has 0 spiro atoms. The number of methoxy groups -OCH3 is 1. The highest BCUT2D eigenvalue weighted by Crippen LogP contribution is 2.16. The maximum atomic E-state index is 12.5. The molecule has 0 fully saturated rings. The van der Waals surface area contributed by atoms with Crippen LogP contribution in [-0.2, 0) is 22.7 Å². The van der Waals surface area contributed by atoms with Gasteiger partial charge in [0.25, 0.3) is 5.91 Å². The van der Waals surface area contributed by atoms with E-state index in [-0.39, 0.29) is 19.0 Å². The van der Waals surface area contributed by atoms with Gasteiger partial charge in [-0.1, -0.05) is 89.0 Å². The molecule has 2 rings (SSSR count). The van der Waals surface area contributed by atoms with Gasteiger partial charge in [0.05, 0.1) is 7.11 Å². The van der Waals surface area contributed by atoms with Crippen molar-refractivity contribution in [1.82, 2.24) is 10.2 Å². The number of ether oxygens (including phenoxy) is 1. The molecule has 2 aromatic rings. The minimum atomic E-state index is -1.50. The zero-order chi connectivity index (χ0) is 26.9. The summed E-state index contributed by atoms with van der Waals surface area (Å²) < 4.78 is 5.14. The Kier molecular flexibility index (Phi) is 13.9. The fourth-order valence-corrected chi connectivity index (χ4v) is 4.18. The number of rotatable bonds is 17. The van der Waals surface area contributed by atoms with Gasteiger partial charge < -0.3 is 20.1 Å². The standard InChI is InChI=1S/C30H42N2O5/c1-3-4-5-6-7-8-9-10-11-12-21-31-28(33)26-17-13-24(14-18-26)22-32(29(34)30(35)36)23-25-15-19-27(37-2)20-16-25/h13-20H,3-12,21-23H2,1-2H3,(H,31,33)(H,35,36). The first-order chi connectivity index (χ1) is 17.9. The molecule has 0 atom stereocenters. The quantitative estimate of drug-likeness (QED) is 0.202. The van der Waals surface area contributed by atoms with Crippen molar-refractivity contribution in [2.75, 3.05) is 13.7 Å². The predicted molar refractivity (Wildman–Crippen MR) is 146 cm³/mol. The normalized spacial score (nSPS) is 10.6. The van der Waals surface area contributed by atoms with Gasteiger partial charge in [0.1, 0.15) is 5.75 Å². The molecule has 7 heteroatoms. The lowest BCUT2D eigenvalue weighted by atomic mass is 10.1. The van der Waals surface area contributed by atoms with Crippen LogP contribution in [0.1, 0.15) is 92.6 Å². The Morgan fingerprint density at radius 2 is 1.24 bits per heavy atom. The van der Waals surface area contributed by atoms with Crippen molar-refractivity contribution < 1.29 is 24.2 Å². The molecule has 7 nitrogen and oxygen atoms in total. The molecule has 0 unspecified atom stereocenters. The van der Waals surface area contributed by atoms with E-state index in [1.807, 2.05) is 0 Å². The Balaban J connectivity index is 1.76. The van der Waals surface area contributed by atoms with Crippen molar-refractivity contribution in [3.05, 3.63) is 65.2 Å². The van der Waals surface area contributed by atoms with Gasteiger partial charge in [-0.05, 0) is 41.8 Å². The second kappa shape index (κ2) is 17.2. The molecule has 0 aliphatic carbocycles. The third kappa shape index (κ3) is 11.5. The SMILES string of the molecule is CCCCCCCCCCCCNC(=O)c1ccc(CN(Cc2ccc(OC)cc2)C(=O)C(=O)O)cc1. The summed E-state index contributed by atoms with van der Waals surface area (Å²) in [7, 11) is 1.57. The molecule has 2 aromatic carbocycles. The zero-order valence-corrected chi connectivity index (χ0v) is 22.3. The van der Waals surface area contributed by atoms with Crippen LogP contribution in [0.25, 0.3) is 0 Å². The van der Waals surface area contributed by atoms with Gasteiger partial charge in [-0.15, -0.1) is 0 Å². The van der Waals surface area contributed by atoms with E-state index < -0.39 is 11.9 Å². The van der Waals surface area contributed by atoms with Gasteiger partial charge >= 0.3 is 11.9 Å². The van der Waals surface area contributed by atoms with Gasteiger partial charge in [-0.2, -0.15) is 0 Å². The molecule has 0 saturated carbocycles. The number of carbonyl (C=O) groups is 3. The molecule has 0 saturated heterocycles. The van der Waals surface area contributed by atoms with Crippen LogP contribution >= 0.6 is 0 Å². The summed E-state index contributed by atoms with van der Waals surface area (Å²) in [6, 6.07) is 14.0. The minimum Gasteiger partial charge on any atom is -0.497 e. The van der Waals surface area contributed by atoms with E-state index in [1.54, 1.807) is 55.6 Å². The Bertz CT molecular complexity index is 957. The molecule has 0 radical (unpaired) electrons. The number of carbonyl (C=O) groups excluding carboxylic acids is 2. The van der Waals surface area contributed by atoms with E-state index in [1.165, 1.54) is 56.3 Å². The molecule has 0 heterocycles. The van der Waals surface area contributed by atoms with Gasteiger partial charge in [0, 0.05) is 25.2 Å². The summed E-state index contributed by atoms with van der Waals surface area (Å²) in [5.41, 5.74) is 2.08. The Morgan fingerprint density at radius 3 is 1.73 bits per heavy atom. The lowest BCUT2D eigenvalue weighted by Crippen LogP contribution is -2.35. The Morgan fingerprint density at radius 1 is 0.757 bits per heavy atom. The number of aliphatic carboxylic acids is 1. The largest absolute Gasteiger partial charge is 0.497 e. The van der Waals surface area contributed by atoms with Crippen LogP contribution in [0, 0.1) is 0 Å². The van der Waals surface area contributed by atoms with Crippen molar-refractivity contribution in [3.8, 4) is 5.75 Å². The van der Waals surface area contributed by atoms with Gasteiger partial charge in [-0.25, -0.2) is 4.79 Å². The van der Waals surface area contributed by atoms with Gasteiger partial charge in [-0.3, -0.25) is 9.59 Å². The summed E-state index contributed by atoms with van der Waals surface area (Å²) in [6.45, 7) is 3.16. The fraction of sp³-hybridized carbons (Fsp3) is 0.500. The minimum absolute atomic E-state index is 0.123. The smallest absolute Gasteiger partial charge is 0.394 e. The highest BCUT2D eigenvalue weighted by atomic mass is 16.5. The number of nitrogens with one attached hydrogen (secondary N) is 1. The van der Waals surface area contributed by atoms with Crippen molar-refractivity contribution >= 4 is 17.8 Å². The number of benzene rings is 2. The van der Waals surface area contributed by atoms with Crippen molar-refractivity contribution in [3.63, 3.8) is 0 Å². The van der Waals surface area contributed by atoms with Crippen LogP contribution in [0.4, 0.5) is 0 Å². The average molecular weight is 511 g/mol. The number of hydrogen-bond acceptors (Lipinski definition) is 4. The van der Waals surface area contributed by atoms with E-state index in [0.717, 1.165) is 24.0 Å². The highest BCUT2D eigenvalue weighted by Gasteiger charge is 2.21. The maximum absolute atomic E-state index is 12.5. The molecule has 0 aliphatic heterocycles. The number of hydrogen-bond donors (Lipinski definition) is 2. The summed E-state index contributed by atoms with van der Waals surface area (Å²) in [5, 5.41) is 12.2. The van der Waals surface area contributed by atoms with Gasteiger partial charge in [0.15, 0.2) is 0 Å². The lowest BCUT2D eigenvalue weighted by molar-refractivity contribution is -0.156. The zero-order valence-electron chi connectivity index (χ0n) is 22.3. The first-order valence-corrected chi connectivity index (χ1v) is 13.5. The number of carboxylic acids is 1. The fourth-order valence-electron chi connectivity index (χ4n) is 4.18. The third-order valence-corrected chi connectivity index (χ3v) is 6.41. The summed E-state index contributed by atoms with van der Waals surface area (Å²) >= 11 is 0. The molecular formula is C30H42N2O5. The van der Waals surface area contributed by atoms with Crippen molar-refractivity contribution in [2.45, 2.75) is 84.2 Å². The van der Waals surface area contributed by atoms with E-state index in [9.17, 15) is 19.5 Å². The number of carboxylic acid groups (broad SMARTS) is 1. The topological polar surface area (TPSA) is 95.9 Å².